The molecule has 0 saturated carbocycles. The number of aromatic carboxylic acids is 1. The second kappa shape index (κ2) is 5.69. The summed E-state index contributed by atoms with van der Waals surface area (Å²) in [5, 5.41) is 9.45. The average molecular weight is 290 g/mol. The second-order valence-corrected chi connectivity index (χ2v) is 4.85. The third-order valence-electron chi connectivity index (χ3n) is 3.42. The van der Waals surface area contributed by atoms with Crippen LogP contribution in [0.2, 0.25) is 0 Å². The van der Waals surface area contributed by atoms with E-state index >= 15 is 0 Å². The fourth-order valence-corrected chi connectivity index (χ4v) is 2.39. The number of carbonyl (C=O) groups is 1. The minimum atomic E-state index is -1.08. The van der Waals surface area contributed by atoms with E-state index in [-0.39, 0.29) is 11.4 Å². The molecule has 0 radical (unpaired) electrons. The van der Waals surface area contributed by atoms with Crippen LogP contribution in [0.3, 0.4) is 0 Å². The van der Waals surface area contributed by atoms with Gasteiger partial charge in [-0.05, 0) is 11.6 Å². The summed E-state index contributed by atoms with van der Waals surface area (Å²) in [5.41, 5.74) is 8.85. The van der Waals surface area contributed by atoms with E-state index in [4.69, 9.17) is 5.73 Å². The van der Waals surface area contributed by atoms with Crippen molar-refractivity contribution in [3.05, 3.63) is 72.3 Å². The minimum Gasteiger partial charge on any atom is -0.478 e. The van der Waals surface area contributed by atoms with Gasteiger partial charge in [0, 0.05) is 11.1 Å². The van der Waals surface area contributed by atoms with E-state index in [2.05, 4.69) is 4.98 Å². The summed E-state index contributed by atoms with van der Waals surface area (Å²) in [6.07, 6.45) is 0. The van der Waals surface area contributed by atoms with Crippen molar-refractivity contribution in [2.24, 2.45) is 0 Å². The summed E-state index contributed by atoms with van der Waals surface area (Å²) in [7, 11) is 0. The van der Waals surface area contributed by atoms with Crippen molar-refractivity contribution in [3.63, 3.8) is 0 Å². The molecule has 4 nitrogen and oxygen atoms in total. The van der Waals surface area contributed by atoms with Crippen molar-refractivity contribution < 1.29 is 9.90 Å². The van der Waals surface area contributed by atoms with Gasteiger partial charge in [0.15, 0.2) is 0 Å². The number of anilines is 1. The van der Waals surface area contributed by atoms with Gasteiger partial charge in [-0.15, -0.1) is 0 Å². The molecule has 0 saturated heterocycles. The van der Waals surface area contributed by atoms with Crippen LogP contribution >= 0.6 is 0 Å². The first-order chi connectivity index (χ1) is 10.7. The van der Waals surface area contributed by atoms with Crippen LogP contribution in [-0.2, 0) is 0 Å². The van der Waals surface area contributed by atoms with E-state index in [0.29, 0.717) is 11.3 Å². The molecule has 0 aliphatic rings. The van der Waals surface area contributed by atoms with Crippen molar-refractivity contribution in [2.45, 2.75) is 0 Å². The van der Waals surface area contributed by atoms with Gasteiger partial charge in [0.2, 0.25) is 0 Å². The Bertz CT molecular complexity index is 815. The standard InChI is InChI=1S/C18H14N2O2/c19-17-16(18(21)22)14(12-7-3-1-4-8-12)11-15(20-17)13-9-5-2-6-10-13/h1-11H,(H2,19,20)(H,21,22). The second-order valence-electron chi connectivity index (χ2n) is 4.85. The Morgan fingerprint density at radius 3 is 2.00 bits per heavy atom. The van der Waals surface area contributed by atoms with Crippen LogP contribution in [0.4, 0.5) is 5.82 Å². The molecule has 4 heteroatoms. The maximum absolute atomic E-state index is 11.5. The van der Waals surface area contributed by atoms with Crippen LogP contribution in [0, 0.1) is 0 Å². The summed E-state index contributed by atoms with van der Waals surface area (Å²) in [6.45, 7) is 0. The Labute approximate surface area is 127 Å². The van der Waals surface area contributed by atoms with E-state index < -0.39 is 5.97 Å². The molecule has 3 aromatic rings. The molecule has 0 fully saturated rings. The van der Waals surface area contributed by atoms with Crippen LogP contribution in [0.25, 0.3) is 22.4 Å². The van der Waals surface area contributed by atoms with E-state index in [1.165, 1.54) is 0 Å². The highest BCUT2D eigenvalue weighted by Gasteiger charge is 2.18. The molecule has 0 atom stereocenters. The number of benzene rings is 2. The summed E-state index contributed by atoms with van der Waals surface area (Å²) in [5.74, 6) is -1.06. The summed E-state index contributed by atoms with van der Waals surface area (Å²) >= 11 is 0. The van der Waals surface area contributed by atoms with Crippen LogP contribution in [0.15, 0.2) is 66.7 Å². The monoisotopic (exact) mass is 290 g/mol. The highest BCUT2D eigenvalue weighted by molar-refractivity contribution is 6.01. The quantitative estimate of drug-likeness (QED) is 0.771. The Morgan fingerprint density at radius 1 is 0.909 bits per heavy atom. The number of carboxylic acids is 1. The van der Waals surface area contributed by atoms with Crippen molar-refractivity contribution in [3.8, 4) is 22.4 Å². The summed E-state index contributed by atoms with van der Waals surface area (Å²) < 4.78 is 0. The number of nitrogens with two attached hydrogens (primary N) is 1. The van der Waals surface area contributed by atoms with Crippen LogP contribution in [-0.4, -0.2) is 16.1 Å². The number of hydrogen-bond donors (Lipinski definition) is 2. The molecule has 108 valence electrons. The molecule has 3 N–H and O–H groups in total. The topological polar surface area (TPSA) is 76.2 Å². The minimum absolute atomic E-state index is 0.0210. The first kappa shape index (κ1) is 13.8. The highest BCUT2D eigenvalue weighted by atomic mass is 16.4. The van der Waals surface area contributed by atoms with Crippen molar-refractivity contribution in [1.29, 1.82) is 0 Å². The van der Waals surface area contributed by atoms with E-state index in [1.807, 2.05) is 60.7 Å². The molecule has 0 amide bonds. The summed E-state index contributed by atoms with van der Waals surface area (Å²) in [6, 6.07) is 20.6. The number of nitrogens with zero attached hydrogens (tertiary/aromatic N) is 1. The number of carboxylic acid groups (broad SMARTS) is 1. The zero-order valence-electron chi connectivity index (χ0n) is 11.7. The highest BCUT2D eigenvalue weighted by Crippen LogP contribution is 2.31. The smallest absolute Gasteiger partial charge is 0.340 e. The van der Waals surface area contributed by atoms with Gasteiger partial charge in [-0.1, -0.05) is 60.7 Å². The molecular formula is C18H14N2O2. The van der Waals surface area contributed by atoms with Gasteiger partial charge in [0.25, 0.3) is 0 Å². The predicted molar refractivity (Wildman–Crippen MR) is 86.5 cm³/mol. The Balaban J connectivity index is 2.26. The Morgan fingerprint density at radius 2 is 1.45 bits per heavy atom. The van der Waals surface area contributed by atoms with Gasteiger partial charge in [-0.25, -0.2) is 9.78 Å². The van der Waals surface area contributed by atoms with Crippen LogP contribution in [0.1, 0.15) is 10.4 Å². The number of pyridine rings is 1. The largest absolute Gasteiger partial charge is 0.478 e. The van der Waals surface area contributed by atoms with Crippen molar-refractivity contribution in [2.75, 3.05) is 5.73 Å². The molecule has 0 aliphatic heterocycles. The summed E-state index contributed by atoms with van der Waals surface area (Å²) in [4.78, 5) is 15.8. The third-order valence-corrected chi connectivity index (χ3v) is 3.42. The maximum atomic E-state index is 11.5. The van der Waals surface area contributed by atoms with Crippen molar-refractivity contribution in [1.82, 2.24) is 4.98 Å². The van der Waals surface area contributed by atoms with Gasteiger partial charge < -0.3 is 10.8 Å². The first-order valence-corrected chi connectivity index (χ1v) is 6.81. The van der Waals surface area contributed by atoms with Crippen molar-refractivity contribution >= 4 is 11.8 Å². The zero-order chi connectivity index (χ0) is 15.5. The lowest BCUT2D eigenvalue weighted by atomic mass is 9.98. The molecule has 0 spiro atoms. The zero-order valence-corrected chi connectivity index (χ0v) is 11.7. The lowest BCUT2D eigenvalue weighted by molar-refractivity contribution is 0.0698. The fourth-order valence-electron chi connectivity index (χ4n) is 2.39. The number of nitrogen functional groups attached to an aromatic ring is 1. The molecule has 0 aliphatic carbocycles. The molecule has 1 aromatic heterocycles. The molecule has 0 bridgehead atoms. The molecule has 1 heterocycles. The van der Waals surface area contributed by atoms with E-state index in [9.17, 15) is 9.90 Å². The van der Waals surface area contributed by atoms with Gasteiger partial charge in [0.05, 0.1) is 5.69 Å². The molecule has 0 unspecified atom stereocenters. The lowest BCUT2D eigenvalue weighted by Gasteiger charge is -2.11. The normalized spacial score (nSPS) is 10.4. The first-order valence-electron chi connectivity index (χ1n) is 6.81. The van der Waals surface area contributed by atoms with Crippen LogP contribution in [0.5, 0.6) is 0 Å². The molecular weight excluding hydrogens is 276 g/mol. The fraction of sp³-hybridized carbons (Fsp3) is 0. The Hall–Kier alpha value is -3.14. The SMILES string of the molecule is Nc1nc(-c2ccccc2)cc(-c2ccccc2)c1C(=O)O. The van der Waals surface area contributed by atoms with E-state index in [1.54, 1.807) is 6.07 Å². The molecule has 3 rings (SSSR count). The number of aromatic nitrogens is 1. The number of hydrogen-bond acceptors (Lipinski definition) is 3. The van der Waals surface area contributed by atoms with Gasteiger partial charge in [-0.2, -0.15) is 0 Å². The average Bonchev–Trinajstić information content (AvgIpc) is 2.55. The van der Waals surface area contributed by atoms with E-state index in [0.717, 1.165) is 11.1 Å². The van der Waals surface area contributed by atoms with Gasteiger partial charge in [0.1, 0.15) is 11.4 Å². The number of rotatable bonds is 3. The van der Waals surface area contributed by atoms with Crippen LogP contribution < -0.4 is 5.73 Å². The van der Waals surface area contributed by atoms with Gasteiger partial charge >= 0.3 is 5.97 Å². The predicted octanol–water partition coefficient (Wildman–Crippen LogP) is 3.70. The maximum Gasteiger partial charge on any atom is 0.340 e. The molecule has 22 heavy (non-hydrogen) atoms. The Kier molecular flexibility index (Phi) is 3.58. The van der Waals surface area contributed by atoms with Gasteiger partial charge in [-0.3, -0.25) is 0 Å². The third kappa shape index (κ3) is 2.54. The molecule has 2 aromatic carbocycles. The lowest BCUT2D eigenvalue weighted by Crippen LogP contribution is -2.08.